The molecular formula is C34H60N7O18P3S. The van der Waals surface area contributed by atoms with Gasteiger partial charge in [0.15, 0.2) is 22.8 Å². The van der Waals surface area contributed by atoms with Gasteiger partial charge in [-0.25, -0.2) is 28.6 Å². The number of anilines is 1. The number of aromatic nitrogens is 4. The zero-order chi connectivity index (χ0) is 46.8. The maximum atomic E-state index is 12.7. The van der Waals surface area contributed by atoms with Gasteiger partial charge in [-0.1, -0.05) is 71.1 Å². The molecule has 0 bridgehead atoms. The number of unbranched alkanes of at least 4 members (excludes halogenated alkanes) is 6. The van der Waals surface area contributed by atoms with Gasteiger partial charge in [-0.15, -0.1) is 0 Å². The second-order valence-electron chi connectivity index (χ2n) is 15.1. The number of carbonyl (C=O) groups excluding carboxylic acids is 3. The molecule has 1 fully saturated rings. The van der Waals surface area contributed by atoms with E-state index >= 15 is 0 Å². The second-order valence-corrected chi connectivity index (χ2v) is 20.5. The summed E-state index contributed by atoms with van der Waals surface area (Å²) >= 11 is 1.10. The number of amides is 2. The van der Waals surface area contributed by atoms with Crippen molar-refractivity contribution >= 4 is 69.1 Å². The number of phosphoric acid groups is 3. The molecule has 0 radical (unpaired) electrons. The summed E-state index contributed by atoms with van der Waals surface area (Å²) in [6.07, 6.45) is 2.46. The van der Waals surface area contributed by atoms with Gasteiger partial charge in [0.05, 0.1) is 19.5 Å². The van der Waals surface area contributed by atoms with E-state index in [1.54, 1.807) is 0 Å². The molecule has 29 heteroatoms. The molecule has 1 aliphatic heterocycles. The third-order valence-corrected chi connectivity index (χ3v) is 13.4. The third kappa shape index (κ3) is 19.5. The van der Waals surface area contributed by atoms with Gasteiger partial charge in [0.1, 0.15) is 36.3 Å². The third-order valence-electron chi connectivity index (χ3n) is 9.33. The molecule has 2 aromatic rings. The molecule has 3 rings (SSSR count). The number of hydrogen-bond donors (Lipinski definition) is 9. The van der Waals surface area contributed by atoms with Gasteiger partial charge in [0.25, 0.3) is 0 Å². The molecule has 10 N–H and O–H groups in total. The Bertz CT molecular complexity index is 1930. The van der Waals surface area contributed by atoms with Crippen molar-refractivity contribution in [2.24, 2.45) is 5.41 Å². The van der Waals surface area contributed by atoms with E-state index in [0.717, 1.165) is 41.8 Å². The first-order chi connectivity index (χ1) is 29.6. The molecule has 63 heavy (non-hydrogen) atoms. The van der Waals surface area contributed by atoms with Crippen LogP contribution in [0.4, 0.5) is 5.82 Å². The Balaban J connectivity index is 1.35. The lowest BCUT2D eigenvalue weighted by atomic mass is 9.87. The van der Waals surface area contributed by atoms with Crippen molar-refractivity contribution in [2.75, 3.05) is 51.0 Å². The Kier molecular flexibility index (Phi) is 22.6. The van der Waals surface area contributed by atoms with Crippen molar-refractivity contribution in [3.8, 4) is 0 Å². The lowest BCUT2D eigenvalue weighted by Crippen LogP contribution is -2.46. The first kappa shape index (κ1) is 54.9. The number of aliphatic hydroxyl groups is 2. The van der Waals surface area contributed by atoms with Gasteiger partial charge < -0.3 is 55.6 Å². The number of nitrogen functional groups attached to an aromatic ring is 1. The molecule has 7 atom stereocenters. The summed E-state index contributed by atoms with van der Waals surface area (Å²) in [5.74, 6) is -1.09. The number of phosphoric ester groups is 3. The number of aliphatic hydroxyl groups excluding tert-OH is 2. The molecule has 2 unspecified atom stereocenters. The minimum Gasteiger partial charge on any atom is -0.386 e. The summed E-state index contributed by atoms with van der Waals surface area (Å²) in [7, 11) is -16.4. The summed E-state index contributed by atoms with van der Waals surface area (Å²) in [5.41, 5.74) is 4.27. The maximum Gasteiger partial charge on any atom is 0.481 e. The molecular weight excluding hydrogens is 919 g/mol. The van der Waals surface area contributed by atoms with E-state index in [4.69, 9.17) is 24.3 Å². The first-order valence-electron chi connectivity index (χ1n) is 20.2. The van der Waals surface area contributed by atoms with Gasteiger partial charge in [0, 0.05) is 50.3 Å². The summed E-state index contributed by atoms with van der Waals surface area (Å²) in [6, 6.07) is 0. The van der Waals surface area contributed by atoms with Crippen molar-refractivity contribution in [3.63, 3.8) is 0 Å². The standard InChI is InChI=1S/C34H60N7O18P3S/c1-4-5-6-7-8-9-10-16-54-17-11-12-25(43)63-18-15-36-24(42)13-14-37-32(46)29(45)34(2,3)20-56-62(52,53)59-61(50,51)55-19-23-28(58-60(47,48)49)27(44)33(57-23)41-22-40-26-30(35)38-21-39-31(26)41/h21-23,27-29,33,44-45H,4-20H2,1-3H3,(H,36,42)(H,37,46)(H,50,51)(H,52,53)(H2,35,38,39)(H2,47,48,49)/t23-,27-,28-,29+,33-/m1/s1. The fourth-order valence-corrected chi connectivity index (χ4v) is 9.50. The number of nitrogens with two attached hydrogens (primary N) is 1. The molecule has 1 aliphatic rings. The van der Waals surface area contributed by atoms with Gasteiger partial charge in [0.2, 0.25) is 11.8 Å². The second kappa shape index (κ2) is 26.0. The minimum atomic E-state index is -5.58. The van der Waals surface area contributed by atoms with Crippen LogP contribution in [0, 0.1) is 5.41 Å². The molecule has 2 amide bonds. The smallest absolute Gasteiger partial charge is 0.386 e. The quantitative estimate of drug-likeness (QED) is 0.0386. The van der Waals surface area contributed by atoms with E-state index < -0.39 is 84.6 Å². The minimum absolute atomic E-state index is 0.0132. The highest BCUT2D eigenvalue weighted by molar-refractivity contribution is 8.13. The fourth-order valence-electron chi connectivity index (χ4n) is 5.95. The SMILES string of the molecule is CCCCCCCCCOCCCC(=O)SCCNC(=O)CCNC(=O)[C@H](O)C(C)(C)COP(=O)(O)OP(=O)(O)OC[C@H]1O[C@@H](n2cnc3c(N)ncnc32)[C@H](O)[C@@H]1OP(=O)(O)O. The number of nitrogens with zero attached hydrogens (tertiary/aromatic N) is 4. The lowest BCUT2D eigenvalue weighted by Gasteiger charge is -2.30. The highest BCUT2D eigenvalue weighted by Crippen LogP contribution is 2.61. The van der Waals surface area contributed by atoms with E-state index in [2.05, 4.69) is 41.3 Å². The van der Waals surface area contributed by atoms with Crippen molar-refractivity contribution < 1.29 is 85.2 Å². The summed E-state index contributed by atoms with van der Waals surface area (Å²) in [5, 5.41) is 26.5. The molecule has 3 heterocycles. The summed E-state index contributed by atoms with van der Waals surface area (Å²) in [6.45, 7) is 3.90. The molecule has 1 saturated heterocycles. The normalized spacial score (nSPS) is 20.6. The van der Waals surface area contributed by atoms with E-state index in [1.807, 2.05) is 0 Å². The van der Waals surface area contributed by atoms with E-state index in [9.17, 15) is 57.9 Å². The van der Waals surface area contributed by atoms with Crippen LogP contribution in [0.5, 0.6) is 0 Å². The van der Waals surface area contributed by atoms with Crippen LogP contribution in [0.1, 0.15) is 91.2 Å². The van der Waals surface area contributed by atoms with Crippen LogP contribution in [0.3, 0.4) is 0 Å². The van der Waals surface area contributed by atoms with Crippen LogP contribution in [-0.4, -0.2) is 136 Å². The molecule has 0 aliphatic carbocycles. The topological polar surface area (TPSA) is 373 Å². The Hall–Kier alpha value is -2.48. The van der Waals surface area contributed by atoms with Crippen molar-refractivity contribution in [1.29, 1.82) is 0 Å². The predicted octanol–water partition coefficient (Wildman–Crippen LogP) is 2.21. The van der Waals surface area contributed by atoms with Crippen molar-refractivity contribution in [1.82, 2.24) is 30.2 Å². The van der Waals surface area contributed by atoms with Gasteiger partial charge in [-0.2, -0.15) is 4.31 Å². The Morgan fingerprint density at radius 1 is 0.937 bits per heavy atom. The highest BCUT2D eigenvalue weighted by atomic mass is 32.2. The van der Waals surface area contributed by atoms with Gasteiger partial charge in [-0.3, -0.25) is 32.5 Å². The molecule has 360 valence electrons. The number of hydrogen-bond acceptors (Lipinski definition) is 19. The van der Waals surface area contributed by atoms with Crippen LogP contribution in [0.2, 0.25) is 0 Å². The number of imidazole rings is 1. The van der Waals surface area contributed by atoms with Crippen LogP contribution in [0.25, 0.3) is 11.2 Å². The largest absolute Gasteiger partial charge is 0.481 e. The molecule has 0 saturated carbocycles. The zero-order valence-electron chi connectivity index (χ0n) is 35.3. The van der Waals surface area contributed by atoms with Crippen LogP contribution < -0.4 is 16.4 Å². The molecule has 25 nitrogen and oxygen atoms in total. The van der Waals surface area contributed by atoms with Gasteiger partial charge in [-0.05, 0) is 12.8 Å². The first-order valence-corrected chi connectivity index (χ1v) is 25.7. The average Bonchev–Trinajstić information content (AvgIpc) is 3.76. The van der Waals surface area contributed by atoms with Crippen LogP contribution in [-0.2, 0) is 55.4 Å². The zero-order valence-corrected chi connectivity index (χ0v) is 38.8. The predicted molar refractivity (Wildman–Crippen MR) is 225 cm³/mol. The van der Waals surface area contributed by atoms with E-state index in [-0.39, 0.29) is 41.6 Å². The molecule has 2 aromatic heterocycles. The fraction of sp³-hybridized carbons (Fsp3) is 0.765. The van der Waals surface area contributed by atoms with Crippen molar-refractivity contribution in [3.05, 3.63) is 12.7 Å². The van der Waals surface area contributed by atoms with Crippen molar-refractivity contribution in [2.45, 2.75) is 116 Å². The number of carbonyl (C=O) groups is 3. The van der Waals surface area contributed by atoms with Crippen LogP contribution >= 0.6 is 35.2 Å². The van der Waals surface area contributed by atoms with E-state index in [0.29, 0.717) is 31.8 Å². The number of rotatable bonds is 31. The summed E-state index contributed by atoms with van der Waals surface area (Å²) in [4.78, 5) is 88.0. The Morgan fingerprint density at radius 2 is 1.60 bits per heavy atom. The summed E-state index contributed by atoms with van der Waals surface area (Å²) < 4.78 is 67.9. The number of fused-ring (bicyclic) bond motifs is 1. The van der Waals surface area contributed by atoms with E-state index in [1.165, 1.54) is 46.0 Å². The Morgan fingerprint density at radius 3 is 2.30 bits per heavy atom. The van der Waals surface area contributed by atoms with Crippen LogP contribution in [0.15, 0.2) is 12.7 Å². The molecule has 0 aromatic carbocycles. The highest BCUT2D eigenvalue weighted by Gasteiger charge is 2.50. The maximum absolute atomic E-state index is 12.7. The number of thioether (sulfide) groups is 1. The number of ether oxygens (including phenoxy) is 2. The lowest BCUT2D eigenvalue weighted by molar-refractivity contribution is -0.137. The average molecular weight is 980 g/mol. The van der Waals surface area contributed by atoms with Gasteiger partial charge >= 0.3 is 23.5 Å². The monoisotopic (exact) mass is 979 g/mol. The Labute approximate surface area is 368 Å². The number of nitrogens with one attached hydrogen (secondary N) is 2. The molecule has 0 spiro atoms.